The number of hydrogen-bond acceptors (Lipinski definition) is 5. The van der Waals surface area contributed by atoms with Crippen LogP contribution in [0.5, 0.6) is 0 Å². The Kier molecular flexibility index (Phi) is 5.95. The zero-order valence-electron chi connectivity index (χ0n) is 9.51. The zero-order chi connectivity index (χ0) is 12.5. The highest BCUT2D eigenvalue weighted by molar-refractivity contribution is 7.13. The summed E-state index contributed by atoms with van der Waals surface area (Å²) < 4.78 is 4.85. The molecule has 0 aliphatic rings. The predicted molar refractivity (Wildman–Crippen MR) is 65.8 cm³/mol. The van der Waals surface area contributed by atoms with Gasteiger partial charge >= 0.3 is 5.97 Å². The van der Waals surface area contributed by atoms with Crippen LogP contribution in [0, 0.1) is 0 Å². The van der Waals surface area contributed by atoms with Gasteiger partial charge in [0.25, 0.3) is 0 Å². The minimum Gasteiger partial charge on any atom is -0.463 e. The summed E-state index contributed by atoms with van der Waals surface area (Å²) in [6.45, 7) is 2.39. The third-order valence-corrected chi connectivity index (χ3v) is 2.46. The van der Waals surface area contributed by atoms with Gasteiger partial charge in [-0.15, -0.1) is 11.3 Å². The van der Waals surface area contributed by atoms with Crippen LogP contribution in [0.4, 0.5) is 5.13 Å². The van der Waals surface area contributed by atoms with Crippen molar-refractivity contribution in [3.8, 4) is 0 Å². The molecule has 92 valence electrons. The van der Waals surface area contributed by atoms with Crippen molar-refractivity contribution in [3.05, 3.63) is 23.7 Å². The molecule has 1 aromatic rings. The van der Waals surface area contributed by atoms with Gasteiger partial charge in [-0.25, -0.2) is 9.78 Å². The number of hydrogen-bond donors (Lipinski definition) is 1. The van der Waals surface area contributed by atoms with Crippen LogP contribution in [-0.2, 0) is 14.3 Å². The Labute approximate surface area is 104 Å². The molecule has 1 aromatic heterocycles. The molecule has 1 amide bonds. The van der Waals surface area contributed by atoms with Crippen molar-refractivity contribution in [1.29, 1.82) is 0 Å². The number of thiazole rings is 1. The van der Waals surface area contributed by atoms with Crippen LogP contribution in [0.3, 0.4) is 0 Å². The molecule has 5 nitrogen and oxygen atoms in total. The van der Waals surface area contributed by atoms with Gasteiger partial charge in [-0.05, 0) is 6.42 Å². The van der Waals surface area contributed by atoms with Crippen molar-refractivity contribution in [3.63, 3.8) is 0 Å². The zero-order valence-corrected chi connectivity index (χ0v) is 10.3. The number of anilines is 1. The first kappa shape index (κ1) is 13.4. The van der Waals surface area contributed by atoms with E-state index < -0.39 is 11.9 Å². The second-order valence-electron chi connectivity index (χ2n) is 3.18. The number of unbranched alkanes of at least 4 members (excludes halogenated alkanes) is 1. The van der Waals surface area contributed by atoms with Crippen molar-refractivity contribution in [1.82, 2.24) is 4.98 Å². The highest BCUT2D eigenvalue weighted by Crippen LogP contribution is 2.09. The van der Waals surface area contributed by atoms with Gasteiger partial charge in [-0.3, -0.25) is 10.1 Å². The SMILES string of the molecule is CCCCOC(=O)/C=C/C(=O)Nc1nccs1. The summed E-state index contributed by atoms with van der Waals surface area (Å²) >= 11 is 1.31. The van der Waals surface area contributed by atoms with E-state index in [-0.39, 0.29) is 0 Å². The lowest BCUT2D eigenvalue weighted by Gasteiger charge is -1.99. The molecular weight excluding hydrogens is 240 g/mol. The fraction of sp³-hybridized carbons (Fsp3) is 0.364. The van der Waals surface area contributed by atoms with E-state index in [1.165, 1.54) is 11.3 Å². The van der Waals surface area contributed by atoms with Crippen molar-refractivity contribution in [2.24, 2.45) is 0 Å². The van der Waals surface area contributed by atoms with Gasteiger partial charge in [0.05, 0.1) is 6.61 Å². The number of carbonyl (C=O) groups excluding carboxylic acids is 2. The lowest BCUT2D eigenvalue weighted by molar-refractivity contribution is -0.138. The second kappa shape index (κ2) is 7.56. The quantitative estimate of drug-likeness (QED) is 0.479. The van der Waals surface area contributed by atoms with Crippen LogP contribution < -0.4 is 5.32 Å². The molecule has 0 saturated heterocycles. The van der Waals surface area contributed by atoms with Crippen LogP contribution in [0.1, 0.15) is 19.8 Å². The molecule has 0 aliphatic carbocycles. The number of rotatable bonds is 6. The first-order valence-corrected chi connectivity index (χ1v) is 6.15. The van der Waals surface area contributed by atoms with Crippen molar-refractivity contribution >= 4 is 28.3 Å². The van der Waals surface area contributed by atoms with E-state index in [1.807, 2.05) is 6.92 Å². The van der Waals surface area contributed by atoms with E-state index >= 15 is 0 Å². The Morgan fingerprint density at radius 3 is 3.00 bits per heavy atom. The Bertz CT molecular complexity index is 387. The van der Waals surface area contributed by atoms with Crippen LogP contribution >= 0.6 is 11.3 Å². The van der Waals surface area contributed by atoms with Gasteiger partial charge in [-0.2, -0.15) is 0 Å². The fourth-order valence-electron chi connectivity index (χ4n) is 0.941. The Morgan fingerprint density at radius 1 is 1.53 bits per heavy atom. The monoisotopic (exact) mass is 254 g/mol. The first-order chi connectivity index (χ1) is 8.22. The molecule has 0 bridgehead atoms. The summed E-state index contributed by atoms with van der Waals surface area (Å²) in [5.74, 6) is -0.903. The normalized spacial score (nSPS) is 10.4. The Balaban J connectivity index is 2.27. The number of nitrogens with one attached hydrogen (secondary N) is 1. The summed E-state index contributed by atoms with van der Waals surface area (Å²) in [4.78, 5) is 26.3. The molecular formula is C11H14N2O3S. The summed E-state index contributed by atoms with van der Waals surface area (Å²) in [7, 11) is 0. The van der Waals surface area contributed by atoms with Crippen LogP contribution in [0.2, 0.25) is 0 Å². The van der Waals surface area contributed by atoms with Crippen molar-refractivity contribution < 1.29 is 14.3 Å². The average molecular weight is 254 g/mol. The molecule has 1 N–H and O–H groups in total. The van der Waals surface area contributed by atoms with Gasteiger partial charge in [0.2, 0.25) is 5.91 Å². The van der Waals surface area contributed by atoms with Gasteiger partial charge < -0.3 is 4.74 Å². The highest BCUT2D eigenvalue weighted by atomic mass is 32.1. The Hall–Kier alpha value is -1.69. The van der Waals surface area contributed by atoms with Crippen LogP contribution in [0.15, 0.2) is 23.7 Å². The van der Waals surface area contributed by atoms with E-state index in [1.54, 1.807) is 11.6 Å². The van der Waals surface area contributed by atoms with Crippen molar-refractivity contribution in [2.45, 2.75) is 19.8 Å². The molecule has 6 heteroatoms. The molecule has 0 radical (unpaired) electrons. The lowest BCUT2D eigenvalue weighted by atomic mass is 10.4. The molecule has 0 atom stereocenters. The minimum absolute atomic E-state index is 0.383. The van der Waals surface area contributed by atoms with Crippen LogP contribution in [-0.4, -0.2) is 23.5 Å². The fourth-order valence-corrected chi connectivity index (χ4v) is 1.47. The molecule has 0 aromatic carbocycles. The second-order valence-corrected chi connectivity index (χ2v) is 4.08. The van der Waals surface area contributed by atoms with E-state index in [0.717, 1.165) is 25.0 Å². The van der Waals surface area contributed by atoms with Crippen molar-refractivity contribution in [2.75, 3.05) is 11.9 Å². The molecule has 0 aliphatic heterocycles. The van der Waals surface area contributed by atoms with E-state index in [9.17, 15) is 9.59 Å². The molecule has 1 heterocycles. The summed E-state index contributed by atoms with van der Waals surface area (Å²) in [6.07, 6.45) is 5.61. The number of carbonyl (C=O) groups is 2. The summed E-state index contributed by atoms with van der Waals surface area (Å²) in [5.41, 5.74) is 0. The Morgan fingerprint density at radius 2 is 2.35 bits per heavy atom. The molecule has 0 fully saturated rings. The number of ether oxygens (including phenoxy) is 1. The van der Waals surface area contributed by atoms with Gasteiger partial charge in [0.15, 0.2) is 5.13 Å². The summed E-state index contributed by atoms with van der Waals surface area (Å²) in [5, 5.41) is 4.77. The van der Waals surface area contributed by atoms with E-state index in [2.05, 4.69) is 10.3 Å². The molecule has 0 spiro atoms. The largest absolute Gasteiger partial charge is 0.463 e. The maximum absolute atomic E-state index is 11.3. The van der Waals surface area contributed by atoms with Gasteiger partial charge in [-0.1, -0.05) is 13.3 Å². The van der Waals surface area contributed by atoms with Gasteiger partial charge in [0, 0.05) is 23.7 Å². The summed E-state index contributed by atoms with van der Waals surface area (Å²) in [6, 6.07) is 0. The minimum atomic E-state index is -0.507. The van der Waals surface area contributed by atoms with E-state index in [0.29, 0.717) is 11.7 Å². The van der Waals surface area contributed by atoms with Gasteiger partial charge in [0.1, 0.15) is 0 Å². The number of nitrogens with zero attached hydrogens (tertiary/aromatic N) is 1. The predicted octanol–water partition coefficient (Wildman–Crippen LogP) is 1.98. The third-order valence-electron chi connectivity index (χ3n) is 1.78. The molecule has 0 saturated carbocycles. The topological polar surface area (TPSA) is 68.3 Å². The van der Waals surface area contributed by atoms with E-state index in [4.69, 9.17) is 4.74 Å². The molecule has 1 rings (SSSR count). The highest BCUT2D eigenvalue weighted by Gasteiger charge is 2.01. The molecule has 17 heavy (non-hydrogen) atoms. The number of aromatic nitrogens is 1. The number of amides is 1. The first-order valence-electron chi connectivity index (χ1n) is 5.27. The van der Waals surface area contributed by atoms with Crippen LogP contribution in [0.25, 0.3) is 0 Å². The number of esters is 1. The third kappa shape index (κ3) is 5.82. The standard InChI is InChI=1S/C11H14N2O3S/c1-2-3-7-16-10(15)5-4-9(14)13-11-12-6-8-17-11/h4-6,8H,2-3,7H2,1H3,(H,12,13,14)/b5-4+. The maximum atomic E-state index is 11.3. The average Bonchev–Trinajstić information content (AvgIpc) is 2.79. The lowest BCUT2D eigenvalue weighted by Crippen LogP contribution is -2.09. The smallest absolute Gasteiger partial charge is 0.330 e. The molecule has 0 unspecified atom stereocenters. The maximum Gasteiger partial charge on any atom is 0.330 e.